The molecule has 0 aromatic carbocycles. The molecule has 0 atom stereocenters. The van der Waals surface area contributed by atoms with Crippen molar-refractivity contribution in [2.24, 2.45) is 0 Å². The molecule has 0 radical (unpaired) electrons. The summed E-state index contributed by atoms with van der Waals surface area (Å²) >= 11 is 0. The molecule has 1 N–H and O–H groups in total. The molecular formula is C12H14O2V. The van der Waals surface area contributed by atoms with Gasteiger partial charge >= 0.3 is 53.5 Å². The first kappa shape index (κ1) is 5.59. The van der Waals surface area contributed by atoms with E-state index in [4.69, 9.17) is 9.90 Å². The van der Waals surface area contributed by atoms with Gasteiger partial charge in [-0.1, -0.05) is 0 Å². The molecule has 0 amide bonds. The molecule has 10 heterocycles. The summed E-state index contributed by atoms with van der Waals surface area (Å²) in [5, 5.41) is 7.42. The zero-order valence-corrected chi connectivity index (χ0v) is 9.97. The molecule has 0 aromatic heterocycles. The Bertz CT molecular complexity index is 666. The van der Waals surface area contributed by atoms with Crippen LogP contribution in [0.5, 0.6) is 0 Å². The number of rotatable bonds is 0. The normalized spacial score (nSPS) is 127. The predicted molar refractivity (Wildman–Crippen MR) is 50.8 cm³/mol. The molecule has 10 rings (SSSR count). The molecule has 10 fully saturated rings. The second-order valence-electron chi connectivity index (χ2n) is 12.1. The Balaban J connectivity index is 0.000000121. The standard InChI is InChI=1S/2C5H5.C2H4O2.V/c2*1-2-4-5-3-1;1-2(3)4;/h2*1-5H;1H3,(H,3,4);. The molecule has 0 bridgehead atoms. The van der Waals surface area contributed by atoms with Crippen LogP contribution >= 0.6 is 0 Å². The SMILES string of the molecule is CC(=O)O.[CH]12[CH]3[CH]4[CH]5[CH]1[V]23451678[CH]2[CH]1[CH]6[CH]7[CH]28. The molecule has 1 spiro atoms. The fourth-order valence-corrected chi connectivity index (χ4v) is 122. The van der Waals surface area contributed by atoms with Crippen molar-refractivity contribution >= 4 is 5.97 Å². The Labute approximate surface area is 76.5 Å². The monoisotopic (exact) mass is 241 g/mol. The van der Waals surface area contributed by atoms with Crippen molar-refractivity contribution in [3.8, 4) is 0 Å². The van der Waals surface area contributed by atoms with Gasteiger partial charge in [0.25, 0.3) is 5.97 Å². The molecular weight excluding hydrogens is 227 g/mol. The molecule has 3 heteroatoms. The van der Waals surface area contributed by atoms with Gasteiger partial charge in [-0.2, -0.15) is 0 Å². The van der Waals surface area contributed by atoms with Gasteiger partial charge in [-0.25, -0.2) is 0 Å². The van der Waals surface area contributed by atoms with Crippen molar-refractivity contribution in [2.75, 3.05) is 0 Å². The maximum atomic E-state index is 9.00. The van der Waals surface area contributed by atoms with Crippen LogP contribution in [0.3, 0.4) is 0 Å². The van der Waals surface area contributed by atoms with Crippen LogP contribution in [0.2, 0.25) is 46.3 Å². The molecule has 15 heavy (non-hydrogen) atoms. The van der Waals surface area contributed by atoms with E-state index in [9.17, 15) is 0 Å². The number of hydrogen-bond donors (Lipinski definition) is 1. The zero-order chi connectivity index (χ0) is 9.67. The Morgan fingerprint density at radius 3 is 0.933 bits per heavy atom. The van der Waals surface area contributed by atoms with Crippen LogP contribution < -0.4 is 0 Å². The number of carbonyl (C=O) groups is 1. The molecule has 0 aromatic rings. The van der Waals surface area contributed by atoms with E-state index in [0.717, 1.165) is 6.92 Å². The molecule has 0 saturated carbocycles. The molecule has 10 aliphatic rings. The van der Waals surface area contributed by atoms with Crippen LogP contribution in [0, 0.1) is 0 Å². The quantitative estimate of drug-likeness (QED) is 0.705. The summed E-state index contributed by atoms with van der Waals surface area (Å²) in [4.78, 5) is 9.00. The summed E-state index contributed by atoms with van der Waals surface area (Å²) in [6, 6.07) is 0. The van der Waals surface area contributed by atoms with Crippen LogP contribution in [-0.4, -0.2) is 11.1 Å². The number of carboxylic acids is 1. The minimum atomic E-state index is -2.55. The summed E-state index contributed by atoms with van der Waals surface area (Å²) in [5.41, 5.74) is 0. The van der Waals surface area contributed by atoms with Gasteiger partial charge in [-0.3, -0.25) is 4.79 Å². The first-order valence-corrected chi connectivity index (χ1v) is 14.9. The van der Waals surface area contributed by atoms with Crippen molar-refractivity contribution in [3.63, 3.8) is 0 Å². The van der Waals surface area contributed by atoms with Gasteiger partial charge in [0.15, 0.2) is 0 Å². The van der Waals surface area contributed by atoms with Gasteiger partial charge in [0.1, 0.15) is 0 Å². The van der Waals surface area contributed by atoms with Gasteiger partial charge in [-0.05, 0) is 0 Å². The second-order valence-corrected chi connectivity index (χ2v) is 42.4. The topological polar surface area (TPSA) is 37.3 Å². The number of aliphatic carboxylic acids is 1. The summed E-state index contributed by atoms with van der Waals surface area (Å²) < 4.78 is 16.1. The van der Waals surface area contributed by atoms with Crippen molar-refractivity contribution in [1.29, 1.82) is 0 Å². The minimum absolute atomic E-state index is 0.833. The van der Waals surface area contributed by atoms with Crippen molar-refractivity contribution < 1.29 is 17.2 Å². The maximum absolute atomic E-state index is 9.00. The van der Waals surface area contributed by atoms with E-state index in [1.807, 2.05) is 0 Å². The third-order valence-electron chi connectivity index (χ3n) is 18.1. The first-order chi connectivity index (χ1) is 6.89. The van der Waals surface area contributed by atoms with Gasteiger partial charge in [0.2, 0.25) is 0 Å². The van der Waals surface area contributed by atoms with Gasteiger partial charge in [-0.15, -0.1) is 0 Å². The van der Waals surface area contributed by atoms with E-state index in [0.29, 0.717) is 0 Å². The summed E-state index contributed by atoms with van der Waals surface area (Å²) in [5.74, 6) is -0.833. The molecule has 0 aliphatic carbocycles. The van der Waals surface area contributed by atoms with Gasteiger partial charge < -0.3 is 5.11 Å². The van der Waals surface area contributed by atoms with E-state index in [2.05, 4.69) is 0 Å². The average molecular weight is 241 g/mol. The van der Waals surface area contributed by atoms with Crippen molar-refractivity contribution in [2.45, 2.75) is 53.2 Å². The Morgan fingerprint density at radius 2 is 0.933 bits per heavy atom. The van der Waals surface area contributed by atoms with E-state index < -0.39 is 13.2 Å². The van der Waals surface area contributed by atoms with Crippen LogP contribution in [0.1, 0.15) is 6.92 Å². The van der Waals surface area contributed by atoms with E-state index in [-0.39, 0.29) is 0 Å². The average Bonchev–Trinajstić information content (AvgIpc) is 3.13. The molecule has 79 valence electrons. The Kier molecular flexibility index (Phi) is 0.147. The van der Waals surface area contributed by atoms with E-state index >= 15 is 0 Å². The third kappa shape index (κ3) is 0.0510. The molecule has 0 unspecified atom stereocenters. The first-order valence-electron chi connectivity index (χ1n) is 6.84. The van der Waals surface area contributed by atoms with Crippen molar-refractivity contribution in [1.82, 2.24) is 0 Å². The zero-order valence-electron chi connectivity index (χ0n) is 8.58. The Morgan fingerprint density at radius 1 is 0.800 bits per heavy atom. The van der Waals surface area contributed by atoms with E-state index in [1.165, 1.54) is 0 Å². The summed E-state index contributed by atoms with van der Waals surface area (Å²) in [6.45, 7) is 1.08. The Hall–Kier alpha value is 0.0544. The summed E-state index contributed by atoms with van der Waals surface area (Å²) in [7, 11) is -2.55. The van der Waals surface area contributed by atoms with Gasteiger partial charge in [0.05, 0.1) is 0 Å². The number of carboxylic acid groups (broad SMARTS) is 1. The molecule has 10 aliphatic heterocycles. The van der Waals surface area contributed by atoms with Crippen molar-refractivity contribution in [3.05, 3.63) is 0 Å². The van der Waals surface area contributed by atoms with Crippen LogP contribution in [0.25, 0.3) is 0 Å². The number of fused-ring (bicyclic) bond motifs is 10. The fourth-order valence-electron chi connectivity index (χ4n) is 20.5. The summed E-state index contributed by atoms with van der Waals surface area (Å²) in [6.07, 6.45) is 0. The molecule has 2 nitrogen and oxygen atoms in total. The van der Waals surface area contributed by atoms with E-state index in [1.54, 1.807) is 46.3 Å². The third-order valence-corrected chi connectivity index (χ3v) is 71.1. The fraction of sp³-hybridized carbons (Fsp3) is 0.917. The second kappa shape index (κ2) is 0.393. The van der Waals surface area contributed by atoms with Crippen LogP contribution in [0.4, 0.5) is 0 Å². The molecule has 10 saturated heterocycles. The van der Waals surface area contributed by atoms with Gasteiger partial charge in [0, 0.05) is 6.92 Å². The number of hydrogen-bond acceptors (Lipinski definition) is 1. The van der Waals surface area contributed by atoms with Crippen LogP contribution in [0.15, 0.2) is 0 Å². The van der Waals surface area contributed by atoms with Crippen LogP contribution in [-0.2, 0) is 12.0 Å². The predicted octanol–water partition coefficient (Wildman–Crippen LogP) is 3.47.